The number of hydrogen-bond donors (Lipinski definition) is 2. The van der Waals surface area contributed by atoms with Crippen molar-refractivity contribution in [2.75, 3.05) is 5.73 Å². The van der Waals surface area contributed by atoms with E-state index < -0.39 is 0 Å². The number of nitrogens with two attached hydrogens (primary N) is 1. The molecule has 106 valence electrons. The zero-order valence-corrected chi connectivity index (χ0v) is 12.5. The molecule has 5 heteroatoms. The fraction of sp³-hybridized carbons (Fsp3) is 0.333. The van der Waals surface area contributed by atoms with Crippen LogP contribution in [0.25, 0.3) is 0 Å². The van der Waals surface area contributed by atoms with Gasteiger partial charge >= 0.3 is 0 Å². The van der Waals surface area contributed by atoms with Crippen molar-refractivity contribution in [1.82, 2.24) is 10.3 Å². The molecule has 3 N–H and O–H groups in total. The van der Waals surface area contributed by atoms with Crippen molar-refractivity contribution in [1.29, 1.82) is 0 Å². The van der Waals surface area contributed by atoms with Crippen LogP contribution in [0.5, 0.6) is 0 Å². The summed E-state index contributed by atoms with van der Waals surface area (Å²) in [6.45, 7) is 3.82. The maximum atomic E-state index is 12.1. The third kappa shape index (κ3) is 3.81. The number of aryl methyl sites for hydroxylation is 2. The first-order valence-corrected chi connectivity index (χ1v) is 7.45. The second-order valence-corrected chi connectivity index (χ2v) is 5.90. The minimum atomic E-state index is -0.0859. The summed E-state index contributed by atoms with van der Waals surface area (Å²) in [4.78, 5) is 16.8. The Morgan fingerprint density at radius 2 is 2.10 bits per heavy atom. The number of carbonyl (C=O) groups is 1. The molecule has 0 aliphatic rings. The van der Waals surface area contributed by atoms with E-state index in [2.05, 4.69) is 22.4 Å². The first-order chi connectivity index (χ1) is 9.56. The molecule has 0 bridgehead atoms. The van der Waals surface area contributed by atoms with Crippen LogP contribution in [-0.2, 0) is 6.42 Å². The second-order valence-electron chi connectivity index (χ2n) is 4.87. The van der Waals surface area contributed by atoms with Crippen LogP contribution in [0.3, 0.4) is 0 Å². The van der Waals surface area contributed by atoms with Gasteiger partial charge in [0, 0.05) is 6.04 Å². The zero-order valence-electron chi connectivity index (χ0n) is 11.7. The lowest BCUT2D eigenvalue weighted by Gasteiger charge is -2.13. The summed E-state index contributed by atoms with van der Waals surface area (Å²) < 4.78 is 0. The van der Waals surface area contributed by atoms with Crippen molar-refractivity contribution >= 4 is 22.4 Å². The van der Waals surface area contributed by atoms with Gasteiger partial charge in [-0.3, -0.25) is 4.79 Å². The van der Waals surface area contributed by atoms with Gasteiger partial charge in [0.2, 0.25) is 0 Å². The number of nitrogens with zero attached hydrogens (tertiary/aromatic N) is 1. The van der Waals surface area contributed by atoms with E-state index >= 15 is 0 Å². The molecule has 1 aromatic carbocycles. The maximum Gasteiger partial charge on any atom is 0.263 e. The smallest absolute Gasteiger partial charge is 0.263 e. The van der Waals surface area contributed by atoms with Gasteiger partial charge in [0.25, 0.3) is 5.91 Å². The number of rotatable bonds is 5. The Kier molecular flexibility index (Phi) is 4.74. The normalized spacial score (nSPS) is 12.1. The molecule has 1 heterocycles. The van der Waals surface area contributed by atoms with Crippen molar-refractivity contribution in [3.63, 3.8) is 0 Å². The van der Waals surface area contributed by atoms with Crippen LogP contribution in [0.1, 0.15) is 34.3 Å². The number of anilines is 1. The maximum absolute atomic E-state index is 12.1. The van der Waals surface area contributed by atoms with Crippen molar-refractivity contribution in [3.05, 3.63) is 46.5 Å². The van der Waals surface area contributed by atoms with E-state index in [1.165, 1.54) is 16.9 Å². The Balaban J connectivity index is 1.87. The van der Waals surface area contributed by atoms with E-state index in [-0.39, 0.29) is 11.9 Å². The summed E-state index contributed by atoms with van der Waals surface area (Å²) in [5.74, 6) is -0.0859. The molecular formula is C15H19N3OS. The molecule has 1 amide bonds. The lowest BCUT2D eigenvalue weighted by atomic mass is 10.1. The highest BCUT2D eigenvalue weighted by Gasteiger charge is 2.16. The molecule has 0 radical (unpaired) electrons. The van der Waals surface area contributed by atoms with Gasteiger partial charge < -0.3 is 11.1 Å². The van der Waals surface area contributed by atoms with Crippen LogP contribution in [-0.4, -0.2) is 16.9 Å². The lowest BCUT2D eigenvalue weighted by molar-refractivity contribution is 0.0942. The highest BCUT2D eigenvalue weighted by Crippen LogP contribution is 2.19. The molecule has 1 unspecified atom stereocenters. The summed E-state index contributed by atoms with van der Waals surface area (Å²) in [5, 5.41) is 3.43. The summed E-state index contributed by atoms with van der Waals surface area (Å²) in [7, 11) is 0. The predicted molar refractivity (Wildman–Crippen MR) is 83.0 cm³/mol. The van der Waals surface area contributed by atoms with E-state index in [1.54, 1.807) is 6.92 Å². The van der Waals surface area contributed by atoms with Crippen LogP contribution < -0.4 is 11.1 Å². The number of nitrogens with one attached hydrogen (secondary N) is 1. The number of nitrogen functional groups attached to an aromatic ring is 1. The summed E-state index contributed by atoms with van der Waals surface area (Å²) >= 11 is 1.23. The van der Waals surface area contributed by atoms with Crippen molar-refractivity contribution in [3.8, 4) is 0 Å². The van der Waals surface area contributed by atoms with Gasteiger partial charge in [-0.05, 0) is 32.3 Å². The molecule has 0 fully saturated rings. The van der Waals surface area contributed by atoms with E-state index in [0.29, 0.717) is 15.7 Å². The first kappa shape index (κ1) is 14.5. The molecule has 1 atom stereocenters. The van der Waals surface area contributed by atoms with Gasteiger partial charge in [-0.15, -0.1) is 0 Å². The number of amides is 1. The van der Waals surface area contributed by atoms with E-state index in [9.17, 15) is 4.79 Å². The monoisotopic (exact) mass is 289 g/mol. The third-order valence-electron chi connectivity index (χ3n) is 3.11. The third-order valence-corrected chi connectivity index (χ3v) is 4.09. The number of thiazole rings is 1. The van der Waals surface area contributed by atoms with Crippen molar-refractivity contribution < 1.29 is 4.79 Å². The van der Waals surface area contributed by atoms with Gasteiger partial charge in [0.05, 0.1) is 5.69 Å². The Bertz CT molecular complexity index is 580. The van der Waals surface area contributed by atoms with Crippen LogP contribution in [0.2, 0.25) is 0 Å². The van der Waals surface area contributed by atoms with E-state index in [4.69, 9.17) is 5.73 Å². The Labute approximate surface area is 123 Å². The molecule has 0 saturated carbocycles. The molecule has 0 aliphatic heterocycles. The van der Waals surface area contributed by atoms with Crippen LogP contribution in [0.15, 0.2) is 30.3 Å². The molecule has 0 spiro atoms. The Hall–Kier alpha value is -1.88. The minimum absolute atomic E-state index is 0.0859. The summed E-state index contributed by atoms with van der Waals surface area (Å²) in [6, 6.07) is 10.4. The second kappa shape index (κ2) is 6.52. The minimum Gasteiger partial charge on any atom is -0.375 e. The van der Waals surface area contributed by atoms with Gasteiger partial charge in [0.1, 0.15) is 4.88 Å². The highest BCUT2D eigenvalue weighted by atomic mass is 32.1. The molecule has 2 rings (SSSR count). The Morgan fingerprint density at radius 1 is 1.40 bits per heavy atom. The van der Waals surface area contributed by atoms with Gasteiger partial charge in [-0.2, -0.15) is 0 Å². The summed E-state index contributed by atoms with van der Waals surface area (Å²) in [6.07, 6.45) is 1.86. The quantitative estimate of drug-likeness (QED) is 0.889. The fourth-order valence-electron chi connectivity index (χ4n) is 2.02. The number of hydrogen-bond acceptors (Lipinski definition) is 4. The molecular weight excluding hydrogens is 270 g/mol. The van der Waals surface area contributed by atoms with Crippen LogP contribution >= 0.6 is 11.3 Å². The fourth-order valence-corrected chi connectivity index (χ4v) is 2.75. The highest BCUT2D eigenvalue weighted by molar-refractivity contribution is 7.17. The van der Waals surface area contributed by atoms with Gasteiger partial charge in [0.15, 0.2) is 5.13 Å². The molecule has 0 saturated heterocycles. The Morgan fingerprint density at radius 3 is 2.70 bits per heavy atom. The molecule has 20 heavy (non-hydrogen) atoms. The van der Waals surface area contributed by atoms with Crippen molar-refractivity contribution in [2.45, 2.75) is 32.7 Å². The number of benzene rings is 1. The average molecular weight is 289 g/mol. The molecule has 4 nitrogen and oxygen atoms in total. The van der Waals surface area contributed by atoms with Crippen LogP contribution in [0, 0.1) is 6.92 Å². The lowest BCUT2D eigenvalue weighted by Crippen LogP contribution is -2.32. The summed E-state index contributed by atoms with van der Waals surface area (Å²) in [5.41, 5.74) is 7.59. The number of carbonyl (C=O) groups excluding carboxylic acids is 1. The SMILES string of the molecule is Cc1nc(N)sc1C(=O)NC(C)CCc1ccccc1. The first-order valence-electron chi connectivity index (χ1n) is 6.64. The van der Waals surface area contributed by atoms with E-state index in [0.717, 1.165) is 12.8 Å². The van der Waals surface area contributed by atoms with Crippen molar-refractivity contribution in [2.24, 2.45) is 0 Å². The standard InChI is InChI=1S/C15H19N3OS/c1-10(8-9-12-6-4-3-5-7-12)17-14(19)13-11(2)18-15(16)20-13/h3-7,10H,8-9H2,1-2H3,(H2,16,18)(H,17,19). The predicted octanol–water partition coefficient (Wildman–Crippen LogP) is 2.78. The molecule has 1 aromatic heterocycles. The number of aromatic nitrogens is 1. The largest absolute Gasteiger partial charge is 0.375 e. The topological polar surface area (TPSA) is 68.0 Å². The van der Waals surface area contributed by atoms with Gasteiger partial charge in [-0.25, -0.2) is 4.98 Å². The average Bonchev–Trinajstić information content (AvgIpc) is 2.77. The molecule has 2 aromatic rings. The molecule has 0 aliphatic carbocycles. The van der Waals surface area contributed by atoms with Crippen LogP contribution in [0.4, 0.5) is 5.13 Å². The zero-order chi connectivity index (χ0) is 14.5. The van der Waals surface area contributed by atoms with E-state index in [1.807, 2.05) is 25.1 Å². The van der Waals surface area contributed by atoms with Gasteiger partial charge in [-0.1, -0.05) is 41.7 Å².